The van der Waals surface area contributed by atoms with E-state index in [0.29, 0.717) is 18.2 Å². The molecule has 0 atom stereocenters. The van der Waals surface area contributed by atoms with Crippen LogP contribution in [0.25, 0.3) is 0 Å². The Hall–Kier alpha value is -1.81. The van der Waals surface area contributed by atoms with E-state index in [1.54, 1.807) is 6.07 Å². The second-order valence-corrected chi connectivity index (χ2v) is 5.52. The predicted octanol–water partition coefficient (Wildman–Crippen LogP) is 3.19. The van der Waals surface area contributed by atoms with Gasteiger partial charge in [0.25, 0.3) is 5.56 Å². The lowest BCUT2D eigenvalue weighted by Gasteiger charge is -2.12. The lowest BCUT2D eigenvalue weighted by Crippen LogP contribution is -2.09. The van der Waals surface area contributed by atoms with Crippen LogP contribution in [-0.2, 0) is 6.61 Å². The molecule has 1 saturated carbocycles. The first-order chi connectivity index (χ1) is 9.63. The minimum absolute atomic E-state index is 0.213. The van der Waals surface area contributed by atoms with Gasteiger partial charge in [-0.05, 0) is 55.0 Å². The molecule has 1 aliphatic carbocycles. The highest BCUT2D eigenvalue weighted by Gasteiger charge is 2.27. The molecule has 1 heterocycles. The molecule has 0 bridgehead atoms. The Morgan fingerprint density at radius 2 is 2.20 bits per heavy atom. The zero-order valence-electron chi connectivity index (χ0n) is 11.1. The zero-order chi connectivity index (χ0) is 14.1. The highest BCUT2D eigenvalue weighted by molar-refractivity contribution is 6.31. The van der Waals surface area contributed by atoms with Gasteiger partial charge in [-0.25, -0.2) is 5.10 Å². The molecule has 3 rings (SSSR count). The molecule has 20 heavy (non-hydrogen) atoms. The first-order valence-corrected chi connectivity index (χ1v) is 6.99. The molecule has 1 aromatic carbocycles. The number of nitrogens with zero attached hydrogens (tertiary/aromatic N) is 1. The maximum Gasteiger partial charge on any atom is 0.264 e. The van der Waals surface area contributed by atoms with Crippen molar-refractivity contribution in [1.82, 2.24) is 10.2 Å². The summed E-state index contributed by atoms with van der Waals surface area (Å²) in [5, 5.41) is 7.11. The molecular formula is C15H15ClN2O2. The summed E-state index contributed by atoms with van der Waals surface area (Å²) >= 11 is 6.18. The van der Waals surface area contributed by atoms with E-state index in [1.165, 1.54) is 24.5 Å². The number of H-pyrrole nitrogens is 1. The van der Waals surface area contributed by atoms with Gasteiger partial charge in [-0.1, -0.05) is 11.6 Å². The van der Waals surface area contributed by atoms with Crippen molar-refractivity contribution in [1.29, 1.82) is 0 Å². The van der Waals surface area contributed by atoms with Crippen LogP contribution in [0.15, 0.2) is 29.1 Å². The Kier molecular flexibility index (Phi) is 3.49. The number of aromatic amines is 1. The lowest BCUT2D eigenvalue weighted by atomic mass is 10.1. The van der Waals surface area contributed by atoms with Gasteiger partial charge in [0.05, 0.1) is 5.69 Å². The van der Waals surface area contributed by atoms with E-state index in [0.717, 1.165) is 16.3 Å². The molecule has 0 spiro atoms. The normalized spacial score (nSPS) is 14.3. The van der Waals surface area contributed by atoms with E-state index in [2.05, 4.69) is 10.2 Å². The Morgan fingerprint density at radius 3 is 2.85 bits per heavy atom. The fourth-order valence-corrected chi connectivity index (χ4v) is 2.29. The van der Waals surface area contributed by atoms with Crippen molar-refractivity contribution in [3.05, 3.63) is 56.5 Å². The van der Waals surface area contributed by atoms with Gasteiger partial charge in [0.15, 0.2) is 0 Å². The quantitative estimate of drug-likeness (QED) is 0.941. The summed E-state index contributed by atoms with van der Waals surface area (Å²) in [5.74, 6) is 1.43. The smallest absolute Gasteiger partial charge is 0.264 e. The summed E-state index contributed by atoms with van der Waals surface area (Å²) < 4.78 is 5.86. The largest absolute Gasteiger partial charge is 0.487 e. The van der Waals surface area contributed by atoms with E-state index >= 15 is 0 Å². The van der Waals surface area contributed by atoms with E-state index in [4.69, 9.17) is 16.3 Å². The summed E-state index contributed by atoms with van der Waals surface area (Å²) in [6.07, 6.45) is 2.37. The van der Waals surface area contributed by atoms with Crippen LogP contribution < -0.4 is 10.3 Å². The van der Waals surface area contributed by atoms with Gasteiger partial charge in [0.1, 0.15) is 12.4 Å². The van der Waals surface area contributed by atoms with Crippen molar-refractivity contribution in [2.75, 3.05) is 0 Å². The molecule has 104 valence electrons. The van der Waals surface area contributed by atoms with Crippen LogP contribution in [0.3, 0.4) is 0 Å². The molecule has 1 fully saturated rings. The Labute approximate surface area is 121 Å². The molecule has 0 aliphatic heterocycles. The average Bonchev–Trinajstić information content (AvgIpc) is 3.26. The average molecular weight is 291 g/mol. The number of aryl methyl sites for hydroxylation is 1. The Balaban J connectivity index is 1.81. The Morgan fingerprint density at radius 1 is 1.40 bits per heavy atom. The molecule has 0 unspecified atom stereocenters. The first-order valence-electron chi connectivity index (χ1n) is 6.61. The van der Waals surface area contributed by atoms with Gasteiger partial charge < -0.3 is 4.74 Å². The molecule has 4 nitrogen and oxygen atoms in total. The highest BCUT2D eigenvalue weighted by atomic mass is 35.5. The van der Waals surface area contributed by atoms with Crippen LogP contribution in [-0.4, -0.2) is 10.2 Å². The zero-order valence-corrected chi connectivity index (χ0v) is 11.9. The van der Waals surface area contributed by atoms with E-state index in [9.17, 15) is 4.79 Å². The van der Waals surface area contributed by atoms with E-state index in [1.807, 2.05) is 19.1 Å². The minimum Gasteiger partial charge on any atom is -0.487 e. The molecule has 2 aromatic rings. The third kappa shape index (κ3) is 2.85. The Bertz CT molecular complexity index is 672. The van der Waals surface area contributed by atoms with Gasteiger partial charge in [0, 0.05) is 11.1 Å². The molecule has 0 saturated heterocycles. The topological polar surface area (TPSA) is 55.0 Å². The number of halogens is 1. The van der Waals surface area contributed by atoms with Crippen LogP contribution >= 0.6 is 11.6 Å². The number of nitrogens with one attached hydrogen (secondary N) is 1. The SMILES string of the molecule is Cc1cc(OCc2ccc(=O)[nH]n2)c(C2CC2)cc1Cl. The predicted molar refractivity (Wildman–Crippen MR) is 77.4 cm³/mol. The van der Waals surface area contributed by atoms with Crippen LogP contribution in [0, 0.1) is 6.92 Å². The standard InChI is InChI=1S/C15H15ClN2O2/c1-9-6-14(12(7-13(9)16)10-2-3-10)20-8-11-4-5-15(19)18-17-11/h4-7,10H,2-3,8H2,1H3,(H,18,19). The second-order valence-electron chi connectivity index (χ2n) is 5.11. The maximum absolute atomic E-state index is 11.0. The fourth-order valence-electron chi connectivity index (χ4n) is 2.11. The van der Waals surface area contributed by atoms with Crippen molar-refractivity contribution >= 4 is 11.6 Å². The fraction of sp³-hybridized carbons (Fsp3) is 0.333. The number of aromatic nitrogens is 2. The van der Waals surface area contributed by atoms with Crippen LogP contribution in [0.4, 0.5) is 0 Å². The van der Waals surface area contributed by atoms with Crippen molar-refractivity contribution in [3.8, 4) is 5.75 Å². The van der Waals surface area contributed by atoms with Crippen molar-refractivity contribution in [2.45, 2.75) is 32.3 Å². The van der Waals surface area contributed by atoms with Gasteiger partial charge in [-0.2, -0.15) is 5.10 Å². The first kappa shape index (κ1) is 13.2. The van der Waals surface area contributed by atoms with E-state index in [-0.39, 0.29) is 5.56 Å². The molecular weight excluding hydrogens is 276 g/mol. The molecule has 0 amide bonds. The van der Waals surface area contributed by atoms with Crippen molar-refractivity contribution in [3.63, 3.8) is 0 Å². The molecule has 1 N–H and O–H groups in total. The van der Waals surface area contributed by atoms with Crippen LogP contribution in [0.2, 0.25) is 5.02 Å². The number of hydrogen-bond acceptors (Lipinski definition) is 3. The number of benzene rings is 1. The monoisotopic (exact) mass is 290 g/mol. The molecule has 1 aliphatic rings. The van der Waals surface area contributed by atoms with Crippen molar-refractivity contribution in [2.24, 2.45) is 0 Å². The summed E-state index contributed by atoms with van der Waals surface area (Å²) in [6, 6.07) is 7.09. The summed E-state index contributed by atoms with van der Waals surface area (Å²) in [5.41, 5.74) is 2.65. The van der Waals surface area contributed by atoms with E-state index < -0.39 is 0 Å². The van der Waals surface area contributed by atoms with Gasteiger partial charge in [-0.3, -0.25) is 4.79 Å². The highest BCUT2D eigenvalue weighted by Crippen LogP contribution is 2.45. The summed E-state index contributed by atoms with van der Waals surface area (Å²) in [6.45, 7) is 2.29. The molecule has 0 radical (unpaired) electrons. The second kappa shape index (κ2) is 5.29. The van der Waals surface area contributed by atoms with Crippen LogP contribution in [0.5, 0.6) is 5.75 Å². The maximum atomic E-state index is 11.0. The van der Waals surface area contributed by atoms with Crippen molar-refractivity contribution < 1.29 is 4.74 Å². The van der Waals surface area contributed by atoms with Gasteiger partial charge in [0.2, 0.25) is 0 Å². The number of hydrogen-bond donors (Lipinski definition) is 1. The summed E-state index contributed by atoms with van der Waals surface area (Å²) in [7, 11) is 0. The lowest BCUT2D eigenvalue weighted by molar-refractivity contribution is 0.296. The summed E-state index contributed by atoms with van der Waals surface area (Å²) in [4.78, 5) is 11.0. The third-order valence-electron chi connectivity index (χ3n) is 3.42. The van der Waals surface area contributed by atoms with Gasteiger partial charge >= 0.3 is 0 Å². The van der Waals surface area contributed by atoms with Crippen LogP contribution in [0.1, 0.15) is 35.6 Å². The number of ether oxygens (including phenoxy) is 1. The third-order valence-corrected chi connectivity index (χ3v) is 3.83. The minimum atomic E-state index is -0.213. The molecule has 5 heteroatoms. The van der Waals surface area contributed by atoms with Gasteiger partial charge in [-0.15, -0.1) is 0 Å². The number of rotatable bonds is 4. The molecule has 1 aromatic heterocycles.